The fourth-order valence-corrected chi connectivity index (χ4v) is 2.49. The third-order valence-corrected chi connectivity index (χ3v) is 3.98. The summed E-state index contributed by atoms with van der Waals surface area (Å²) in [7, 11) is 0. The van der Waals surface area contributed by atoms with Gasteiger partial charge in [0.1, 0.15) is 6.07 Å². The van der Waals surface area contributed by atoms with Crippen molar-refractivity contribution in [2.45, 2.75) is 0 Å². The van der Waals surface area contributed by atoms with Crippen LogP contribution in [0, 0.1) is 22.7 Å². The molecule has 0 saturated carbocycles. The Kier molecular flexibility index (Phi) is 5.45. The third kappa shape index (κ3) is 4.21. The van der Waals surface area contributed by atoms with Gasteiger partial charge in [0.2, 0.25) is 0 Å². The molecule has 0 aliphatic rings. The molecule has 0 aromatic heterocycles. The van der Waals surface area contributed by atoms with Gasteiger partial charge in [-0.1, -0.05) is 12.1 Å². The van der Waals surface area contributed by atoms with Gasteiger partial charge in [-0.25, -0.2) is 0 Å². The Morgan fingerprint density at radius 3 is 1.82 bits per heavy atom. The highest BCUT2D eigenvalue weighted by molar-refractivity contribution is 6.07. The number of nitrogens with zero attached hydrogens (tertiary/aromatic N) is 2. The van der Waals surface area contributed by atoms with Crippen LogP contribution in [0.4, 0.5) is 11.4 Å². The lowest BCUT2D eigenvalue weighted by atomic mass is 10.1. The van der Waals surface area contributed by atoms with E-state index in [2.05, 4.69) is 10.6 Å². The van der Waals surface area contributed by atoms with Crippen molar-refractivity contribution in [3.63, 3.8) is 0 Å². The number of benzene rings is 3. The van der Waals surface area contributed by atoms with Gasteiger partial charge in [-0.2, -0.15) is 10.5 Å². The van der Waals surface area contributed by atoms with Gasteiger partial charge in [0.25, 0.3) is 11.8 Å². The maximum atomic E-state index is 12.4. The first-order valence-electron chi connectivity index (χ1n) is 8.33. The molecule has 0 aliphatic carbocycles. The van der Waals surface area contributed by atoms with E-state index in [0.29, 0.717) is 33.6 Å². The summed E-state index contributed by atoms with van der Waals surface area (Å²) < 4.78 is 0. The summed E-state index contributed by atoms with van der Waals surface area (Å²) in [5, 5.41) is 23.3. The SMILES string of the molecule is N#Cc1ccc(NC(=O)c2ccc(C(=O)Nc3ccccc3C#N)cc2)cc1. The van der Waals surface area contributed by atoms with E-state index in [1.54, 1.807) is 60.7 Å². The lowest BCUT2D eigenvalue weighted by Gasteiger charge is -2.08. The van der Waals surface area contributed by atoms with Crippen LogP contribution >= 0.6 is 0 Å². The van der Waals surface area contributed by atoms with Gasteiger partial charge in [0, 0.05) is 16.8 Å². The van der Waals surface area contributed by atoms with E-state index in [1.807, 2.05) is 12.1 Å². The van der Waals surface area contributed by atoms with E-state index in [-0.39, 0.29) is 11.8 Å². The monoisotopic (exact) mass is 366 g/mol. The van der Waals surface area contributed by atoms with Gasteiger partial charge < -0.3 is 10.6 Å². The van der Waals surface area contributed by atoms with Crippen LogP contribution in [0.1, 0.15) is 31.8 Å². The first-order chi connectivity index (χ1) is 13.6. The normalized spacial score (nSPS) is 9.64. The first-order valence-corrected chi connectivity index (χ1v) is 8.33. The largest absolute Gasteiger partial charge is 0.322 e. The molecule has 0 bridgehead atoms. The molecule has 2 N–H and O–H groups in total. The molecule has 0 spiro atoms. The Bertz CT molecular complexity index is 1110. The van der Waals surface area contributed by atoms with E-state index < -0.39 is 0 Å². The maximum absolute atomic E-state index is 12.4. The minimum atomic E-state index is -0.373. The Morgan fingerprint density at radius 2 is 1.25 bits per heavy atom. The van der Waals surface area contributed by atoms with Gasteiger partial charge >= 0.3 is 0 Å². The predicted molar refractivity (Wildman–Crippen MR) is 105 cm³/mol. The fraction of sp³-hybridized carbons (Fsp3) is 0. The van der Waals surface area contributed by atoms with E-state index in [0.717, 1.165) is 0 Å². The average molecular weight is 366 g/mol. The zero-order valence-electron chi connectivity index (χ0n) is 14.6. The molecule has 0 saturated heterocycles. The average Bonchev–Trinajstić information content (AvgIpc) is 2.74. The number of hydrogen-bond donors (Lipinski definition) is 2. The number of para-hydroxylation sites is 1. The van der Waals surface area contributed by atoms with Gasteiger partial charge in [-0.15, -0.1) is 0 Å². The van der Waals surface area contributed by atoms with Crippen molar-refractivity contribution in [3.05, 3.63) is 95.1 Å². The number of carbonyl (C=O) groups excluding carboxylic acids is 2. The van der Waals surface area contributed by atoms with Crippen LogP contribution < -0.4 is 10.6 Å². The molecular formula is C22H14N4O2. The zero-order valence-corrected chi connectivity index (χ0v) is 14.6. The van der Waals surface area contributed by atoms with E-state index >= 15 is 0 Å². The molecule has 3 aromatic rings. The molecule has 3 aromatic carbocycles. The molecule has 2 amide bonds. The standard InChI is InChI=1S/C22H14N4O2/c23-13-15-5-11-19(12-6-15)25-21(27)16-7-9-17(10-8-16)22(28)26-20-4-2-1-3-18(20)14-24/h1-12H,(H,25,27)(H,26,28). The summed E-state index contributed by atoms with van der Waals surface area (Å²) in [4.78, 5) is 24.7. The highest BCUT2D eigenvalue weighted by Gasteiger charge is 2.11. The molecule has 0 unspecified atom stereocenters. The van der Waals surface area contributed by atoms with Crippen LogP contribution in [0.5, 0.6) is 0 Å². The summed E-state index contributed by atoms with van der Waals surface area (Å²) in [6.45, 7) is 0. The number of hydrogen-bond acceptors (Lipinski definition) is 4. The Labute approximate surface area is 161 Å². The van der Waals surface area contributed by atoms with E-state index in [4.69, 9.17) is 10.5 Å². The van der Waals surface area contributed by atoms with Crippen LogP contribution in [0.25, 0.3) is 0 Å². The second-order valence-electron chi connectivity index (χ2n) is 5.83. The van der Waals surface area contributed by atoms with Crippen LogP contribution in [0.15, 0.2) is 72.8 Å². The number of nitriles is 2. The number of nitrogens with one attached hydrogen (secondary N) is 2. The Hall–Kier alpha value is -4.42. The quantitative estimate of drug-likeness (QED) is 0.729. The van der Waals surface area contributed by atoms with Crippen molar-refractivity contribution < 1.29 is 9.59 Å². The first kappa shape index (κ1) is 18.4. The number of rotatable bonds is 4. The number of anilines is 2. The van der Waals surface area contributed by atoms with E-state index in [9.17, 15) is 9.59 Å². The van der Waals surface area contributed by atoms with Gasteiger partial charge in [0.05, 0.1) is 22.9 Å². The van der Waals surface area contributed by atoms with Gasteiger partial charge in [0.15, 0.2) is 0 Å². The van der Waals surface area contributed by atoms with Gasteiger partial charge in [-0.05, 0) is 60.7 Å². The predicted octanol–water partition coefficient (Wildman–Crippen LogP) is 3.93. The van der Waals surface area contributed by atoms with Crippen LogP contribution in [0.3, 0.4) is 0 Å². The van der Waals surface area contributed by atoms with Crippen molar-refractivity contribution in [1.82, 2.24) is 0 Å². The maximum Gasteiger partial charge on any atom is 0.255 e. The van der Waals surface area contributed by atoms with Crippen molar-refractivity contribution in [3.8, 4) is 12.1 Å². The molecule has 6 nitrogen and oxygen atoms in total. The molecule has 28 heavy (non-hydrogen) atoms. The van der Waals surface area contributed by atoms with Crippen LogP contribution in [0.2, 0.25) is 0 Å². The summed E-state index contributed by atoms with van der Waals surface area (Å²) in [6, 6.07) is 23.4. The number of amides is 2. The molecule has 0 heterocycles. The summed E-state index contributed by atoms with van der Waals surface area (Å²) in [5.74, 6) is -0.701. The highest BCUT2D eigenvalue weighted by atomic mass is 16.2. The molecule has 0 radical (unpaired) electrons. The van der Waals surface area contributed by atoms with Crippen LogP contribution in [-0.4, -0.2) is 11.8 Å². The summed E-state index contributed by atoms with van der Waals surface area (Å²) in [6.07, 6.45) is 0. The molecule has 134 valence electrons. The lowest BCUT2D eigenvalue weighted by molar-refractivity contribution is 0.101. The second kappa shape index (κ2) is 8.31. The topological polar surface area (TPSA) is 106 Å². The Balaban J connectivity index is 1.68. The second-order valence-corrected chi connectivity index (χ2v) is 5.83. The third-order valence-electron chi connectivity index (χ3n) is 3.98. The van der Waals surface area contributed by atoms with Crippen molar-refractivity contribution in [1.29, 1.82) is 10.5 Å². The van der Waals surface area contributed by atoms with Crippen molar-refractivity contribution in [2.75, 3.05) is 10.6 Å². The summed E-state index contributed by atoms with van der Waals surface area (Å²) in [5.41, 5.74) is 2.62. The Morgan fingerprint density at radius 1 is 0.679 bits per heavy atom. The van der Waals surface area contributed by atoms with E-state index in [1.165, 1.54) is 12.1 Å². The highest BCUT2D eigenvalue weighted by Crippen LogP contribution is 2.16. The minimum absolute atomic E-state index is 0.327. The zero-order chi connectivity index (χ0) is 19.9. The molecule has 6 heteroatoms. The fourth-order valence-electron chi connectivity index (χ4n) is 2.49. The minimum Gasteiger partial charge on any atom is -0.322 e. The lowest BCUT2D eigenvalue weighted by Crippen LogP contribution is -2.14. The van der Waals surface area contributed by atoms with Crippen molar-refractivity contribution >= 4 is 23.2 Å². The summed E-state index contributed by atoms with van der Waals surface area (Å²) >= 11 is 0. The van der Waals surface area contributed by atoms with Crippen LogP contribution in [-0.2, 0) is 0 Å². The van der Waals surface area contributed by atoms with Gasteiger partial charge in [-0.3, -0.25) is 9.59 Å². The molecule has 3 rings (SSSR count). The smallest absolute Gasteiger partial charge is 0.255 e. The molecule has 0 aliphatic heterocycles. The molecule has 0 atom stereocenters. The molecule has 0 fully saturated rings. The van der Waals surface area contributed by atoms with Crippen molar-refractivity contribution in [2.24, 2.45) is 0 Å². The number of carbonyl (C=O) groups is 2. The molecular weight excluding hydrogens is 352 g/mol.